The summed E-state index contributed by atoms with van der Waals surface area (Å²) in [6.07, 6.45) is 0. The van der Waals surface area contributed by atoms with Gasteiger partial charge in [0.25, 0.3) is 0 Å². The van der Waals surface area contributed by atoms with E-state index in [-0.39, 0.29) is 0 Å². The van der Waals surface area contributed by atoms with Crippen LogP contribution in [0, 0.1) is 0 Å². The van der Waals surface area contributed by atoms with Crippen molar-refractivity contribution in [2.75, 3.05) is 13.8 Å². The summed E-state index contributed by atoms with van der Waals surface area (Å²) in [5.74, 6) is 4.58. The molecule has 0 atom stereocenters. The molecule has 0 radical (unpaired) electrons. The van der Waals surface area contributed by atoms with Gasteiger partial charge >= 0.3 is 0 Å². The molecule has 0 aliphatic heterocycles. The third kappa shape index (κ3) is 3.88. The highest BCUT2D eigenvalue weighted by Gasteiger charge is 1.62. The summed E-state index contributed by atoms with van der Waals surface area (Å²) < 4.78 is 0. The molecule has 0 aromatic carbocycles. The number of rotatable bonds is 2. The largest absolute Gasteiger partial charge is 0.296 e. The van der Waals surface area contributed by atoms with Crippen molar-refractivity contribution in [1.82, 2.24) is 5.32 Å². The van der Waals surface area contributed by atoms with Gasteiger partial charge in [-0.2, -0.15) is 0 Å². The van der Waals surface area contributed by atoms with Crippen molar-refractivity contribution in [2.45, 2.75) is 0 Å². The van der Waals surface area contributed by atoms with Crippen LogP contribution in [0.4, 0.5) is 0 Å². The van der Waals surface area contributed by atoms with E-state index in [4.69, 9.17) is 0 Å². The summed E-state index contributed by atoms with van der Waals surface area (Å²) in [4.78, 5) is 4.08. The van der Waals surface area contributed by atoms with E-state index >= 15 is 0 Å². The predicted octanol–water partition coefficient (Wildman–Crippen LogP) is -0.946. The zero-order chi connectivity index (χ0) is 4.12. The van der Waals surface area contributed by atoms with E-state index in [0.29, 0.717) is 6.73 Å². The van der Waals surface area contributed by atoms with Gasteiger partial charge in [-0.25, -0.2) is 5.90 Å². The minimum atomic E-state index is 0.417. The fourth-order valence-electron chi connectivity index (χ4n) is 0.0833. The Hall–Kier alpha value is -0.120. The molecule has 3 heteroatoms. The third-order valence-corrected chi connectivity index (χ3v) is 0.228. The summed E-state index contributed by atoms with van der Waals surface area (Å²) in [7, 11) is 1.76. The van der Waals surface area contributed by atoms with Gasteiger partial charge in [0.15, 0.2) is 0 Å². The fourth-order valence-corrected chi connectivity index (χ4v) is 0.0833. The smallest absolute Gasteiger partial charge is 0.118 e. The highest BCUT2D eigenvalue weighted by molar-refractivity contribution is 4.06. The van der Waals surface area contributed by atoms with Crippen LogP contribution in [0.25, 0.3) is 0 Å². The van der Waals surface area contributed by atoms with Crippen LogP contribution < -0.4 is 11.2 Å². The standard InChI is InChI=1S/C2H8N2O/c1-4-2-5-3/h4H,2-3H2,1H3. The Morgan fingerprint density at radius 3 is 2.60 bits per heavy atom. The summed E-state index contributed by atoms with van der Waals surface area (Å²) in [5.41, 5.74) is 0. The second kappa shape index (κ2) is 3.88. The van der Waals surface area contributed by atoms with Crippen LogP contribution in [0.2, 0.25) is 0 Å². The molecular formula is C2H8N2O. The number of hydrogen-bond acceptors (Lipinski definition) is 3. The maximum absolute atomic E-state index is 4.58. The molecule has 0 aromatic heterocycles. The molecule has 0 aromatic rings. The topological polar surface area (TPSA) is 47.3 Å². The highest BCUT2D eigenvalue weighted by Crippen LogP contribution is 1.41. The zero-order valence-corrected chi connectivity index (χ0v) is 3.19. The molecule has 0 rings (SSSR count). The molecule has 0 heterocycles. The zero-order valence-electron chi connectivity index (χ0n) is 3.19. The van der Waals surface area contributed by atoms with Gasteiger partial charge in [-0.15, -0.1) is 0 Å². The van der Waals surface area contributed by atoms with Crippen LogP contribution >= 0.6 is 0 Å². The molecule has 0 fully saturated rings. The van der Waals surface area contributed by atoms with Gasteiger partial charge in [0.05, 0.1) is 0 Å². The van der Waals surface area contributed by atoms with Gasteiger partial charge in [-0.05, 0) is 7.05 Å². The quantitative estimate of drug-likeness (QED) is 0.329. The fraction of sp³-hybridized carbons (Fsp3) is 1.00. The van der Waals surface area contributed by atoms with Crippen LogP contribution in [-0.2, 0) is 4.84 Å². The van der Waals surface area contributed by atoms with E-state index in [1.807, 2.05) is 0 Å². The van der Waals surface area contributed by atoms with Crippen LogP contribution in [0.15, 0.2) is 0 Å². The van der Waals surface area contributed by atoms with E-state index in [2.05, 4.69) is 16.1 Å². The Morgan fingerprint density at radius 1 is 2.00 bits per heavy atom. The Labute approximate surface area is 31.1 Å². The summed E-state index contributed by atoms with van der Waals surface area (Å²) >= 11 is 0. The van der Waals surface area contributed by atoms with Gasteiger partial charge in [-0.1, -0.05) is 0 Å². The maximum Gasteiger partial charge on any atom is 0.118 e. The molecular weight excluding hydrogens is 68.0 g/mol. The van der Waals surface area contributed by atoms with Crippen molar-refractivity contribution in [3.8, 4) is 0 Å². The molecule has 3 nitrogen and oxygen atoms in total. The Bertz CT molecular complexity index is 15.1. The van der Waals surface area contributed by atoms with Gasteiger partial charge in [0.2, 0.25) is 0 Å². The summed E-state index contributed by atoms with van der Waals surface area (Å²) in [6.45, 7) is 0.417. The maximum atomic E-state index is 4.58. The molecule has 0 amide bonds. The minimum absolute atomic E-state index is 0.417. The minimum Gasteiger partial charge on any atom is -0.296 e. The molecule has 0 aliphatic carbocycles. The molecule has 0 spiro atoms. The average Bonchev–Trinajstić information content (AvgIpc) is 1.41. The van der Waals surface area contributed by atoms with E-state index in [9.17, 15) is 0 Å². The van der Waals surface area contributed by atoms with E-state index in [1.165, 1.54) is 0 Å². The molecule has 32 valence electrons. The van der Waals surface area contributed by atoms with Crippen molar-refractivity contribution in [2.24, 2.45) is 5.90 Å². The van der Waals surface area contributed by atoms with Crippen molar-refractivity contribution >= 4 is 0 Å². The molecule has 3 N–H and O–H groups in total. The van der Waals surface area contributed by atoms with Crippen molar-refractivity contribution < 1.29 is 4.84 Å². The number of nitrogens with two attached hydrogens (primary N) is 1. The first-order chi connectivity index (χ1) is 2.41. The first-order valence-corrected chi connectivity index (χ1v) is 1.38. The monoisotopic (exact) mass is 76.1 g/mol. The van der Waals surface area contributed by atoms with Crippen molar-refractivity contribution in [1.29, 1.82) is 0 Å². The highest BCUT2D eigenvalue weighted by atomic mass is 16.6. The number of nitrogens with one attached hydrogen (secondary N) is 1. The van der Waals surface area contributed by atoms with Gasteiger partial charge < -0.3 is 0 Å². The molecule has 0 unspecified atom stereocenters. The third-order valence-electron chi connectivity index (χ3n) is 0.228. The summed E-state index contributed by atoms with van der Waals surface area (Å²) in [5, 5.41) is 2.67. The first-order valence-electron chi connectivity index (χ1n) is 1.38. The predicted molar refractivity (Wildman–Crippen MR) is 19.2 cm³/mol. The second-order valence-electron chi connectivity index (χ2n) is 0.665. The second-order valence-corrected chi connectivity index (χ2v) is 0.665. The summed E-state index contributed by atoms with van der Waals surface area (Å²) in [6, 6.07) is 0. The molecule has 0 saturated heterocycles. The molecule has 0 bridgehead atoms. The van der Waals surface area contributed by atoms with E-state index in [1.54, 1.807) is 7.05 Å². The molecule has 0 saturated carbocycles. The van der Waals surface area contributed by atoms with E-state index in [0.717, 1.165) is 0 Å². The first kappa shape index (κ1) is 4.88. The van der Waals surface area contributed by atoms with Crippen LogP contribution in [0.3, 0.4) is 0 Å². The molecule has 0 aliphatic rings. The van der Waals surface area contributed by atoms with Crippen LogP contribution in [-0.4, -0.2) is 13.8 Å². The lowest BCUT2D eigenvalue weighted by molar-refractivity contribution is 0.125. The van der Waals surface area contributed by atoms with Crippen LogP contribution in [0.1, 0.15) is 0 Å². The lowest BCUT2D eigenvalue weighted by atomic mass is 11.2. The van der Waals surface area contributed by atoms with E-state index < -0.39 is 0 Å². The van der Waals surface area contributed by atoms with Crippen molar-refractivity contribution in [3.63, 3.8) is 0 Å². The SMILES string of the molecule is CNCON. The lowest BCUT2D eigenvalue weighted by Gasteiger charge is -1.87. The Kier molecular flexibility index (Phi) is 3.79. The van der Waals surface area contributed by atoms with Gasteiger partial charge in [0, 0.05) is 0 Å². The lowest BCUT2D eigenvalue weighted by Crippen LogP contribution is -2.14. The van der Waals surface area contributed by atoms with Gasteiger partial charge in [0.1, 0.15) is 6.73 Å². The normalized spacial score (nSPS) is 8.40. The van der Waals surface area contributed by atoms with Crippen LogP contribution in [0.5, 0.6) is 0 Å². The average molecular weight is 76.1 g/mol. The molecule has 5 heavy (non-hydrogen) atoms. The Balaban J connectivity index is 2.19. The number of hydrogen-bond donors (Lipinski definition) is 2. The van der Waals surface area contributed by atoms with Gasteiger partial charge in [-0.3, -0.25) is 10.2 Å². The Morgan fingerprint density at radius 2 is 2.60 bits per heavy atom. The van der Waals surface area contributed by atoms with Crippen molar-refractivity contribution in [3.05, 3.63) is 0 Å².